The Morgan fingerprint density at radius 3 is 2.81 bits per heavy atom. The van der Waals surface area contributed by atoms with Crippen molar-refractivity contribution in [2.45, 2.75) is 13.3 Å². The number of rotatable bonds is 1. The number of benzene rings is 1. The fourth-order valence-electron chi connectivity index (χ4n) is 2.92. The Balaban J connectivity index is 1.98. The monoisotopic (exact) mass is 280 g/mol. The van der Waals surface area contributed by atoms with Crippen LogP contribution < -0.4 is 10.6 Å². The lowest BCUT2D eigenvalue weighted by Gasteiger charge is -2.18. The highest BCUT2D eigenvalue weighted by Crippen LogP contribution is 2.36. The van der Waals surface area contributed by atoms with Crippen molar-refractivity contribution in [3.05, 3.63) is 35.7 Å². The molecule has 0 amide bonds. The maximum Gasteiger partial charge on any atom is 0.224 e. The van der Waals surface area contributed by atoms with E-state index in [0.29, 0.717) is 0 Å². The molecule has 3 aromatic rings. The van der Waals surface area contributed by atoms with Crippen LogP contribution in [0.25, 0.3) is 11.2 Å². The summed E-state index contributed by atoms with van der Waals surface area (Å²) in [6.45, 7) is 2.85. The van der Waals surface area contributed by atoms with Crippen LogP contribution in [-0.2, 0) is 13.5 Å². The summed E-state index contributed by atoms with van der Waals surface area (Å²) in [5.41, 5.74) is 9.99. The van der Waals surface area contributed by atoms with E-state index in [9.17, 15) is 0 Å². The Hall–Kier alpha value is -2.63. The van der Waals surface area contributed by atoms with Crippen molar-refractivity contribution >= 4 is 28.6 Å². The number of nitrogen functional groups attached to an aromatic ring is 1. The van der Waals surface area contributed by atoms with Gasteiger partial charge in [-0.25, -0.2) is 4.98 Å². The molecule has 2 N–H and O–H groups in total. The van der Waals surface area contributed by atoms with Gasteiger partial charge in [-0.1, -0.05) is 18.2 Å². The van der Waals surface area contributed by atoms with E-state index in [1.165, 1.54) is 11.3 Å². The summed E-state index contributed by atoms with van der Waals surface area (Å²) >= 11 is 0. The third kappa shape index (κ3) is 1.68. The van der Waals surface area contributed by atoms with Gasteiger partial charge < -0.3 is 15.2 Å². The molecule has 6 nitrogen and oxygen atoms in total. The van der Waals surface area contributed by atoms with Gasteiger partial charge in [-0.3, -0.25) is 0 Å². The molecule has 0 atom stereocenters. The van der Waals surface area contributed by atoms with Gasteiger partial charge in [0.2, 0.25) is 5.95 Å². The molecule has 0 unspecified atom stereocenters. The van der Waals surface area contributed by atoms with Gasteiger partial charge in [-0.05, 0) is 25.0 Å². The zero-order valence-electron chi connectivity index (χ0n) is 12.0. The topological polar surface area (TPSA) is 72.9 Å². The number of hydrogen-bond donors (Lipinski definition) is 1. The van der Waals surface area contributed by atoms with E-state index in [2.05, 4.69) is 38.1 Å². The zero-order valence-corrected chi connectivity index (χ0v) is 12.0. The number of fused-ring (bicyclic) bond motifs is 2. The number of nitrogens with two attached hydrogens (primary N) is 1. The van der Waals surface area contributed by atoms with Crippen LogP contribution >= 0.6 is 0 Å². The average molecular weight is 280 g/mol. The van der Waals surface area contributed by atoms with Crippen LogP contribution in [0.5, 0.6) is 0 Å². The normalized spacial score (nSPS) is 13.9. The van der Waals surface area contributed by atoms with E-state index in [0.717, 1.165) is 35.8 Å². The molecule has 0 saturated heterocycles. The maximum atomic E-state index is 5.90. The number of nitrogens with zero attached hydrogens (tertiary/aromatic N) is 5. The molecule has 0 bridgehead atoms. The summed E-state index contributed by atoms with van der Waals surface area (Å²) in [5, 5.41) is 0. The summed E-state index contributed by atoms with van der Waals surface area (Å²) < 4.78 is 1.94. The highest BCUT2D eigenvalue weighted by molar-refractivity contribution is 5.89. The van der Waals surface area contributed by atoms with Gasteiger partial charge in [0, 0.05) is 19.3 Å². The molecule has 1 aliphatic rings. The minimum absolute atomic E-state index is 0.282. The first-order valence-electron chi connectivity index (χ1n) is 6.97. The van der Waals surface area contributed by atoms with Crippen LogP contribution in [0.2, 0.25) is 0 Å². The van der Waals surface area contributed by atoms with Gasteiger partial charge >= 0.3 is 0 Å². The van der Waals surface area contributed by atoms with E-state index in [1.54, 1.807) is 0 Å². The Morgan fingerprint density at radius 1 is 1.14 bits per heavy atom. The fraction of sp³-hybridized carbons (Fsp3) is 0.267. The Labute approximate surface area is 122 Å². The fourth-order valence-corrected chi connectivity index (χ4v) is 2.92. The second kappa shape index (κ2) is 4.18. The molecule has 1 aromatic carbocycles. The van der Waals surface area contributed by atoms with Gasteiger partial charge in [-0.15, -0.1) is 0 Å². The lowest BCUT2D eigenvalue weighted by molar-refractivity contribution is 0.873. The van der Waals surface area contributed by atoms with E-state index >= 15 is 0 Å². The third-order valence-electron chi connectivity index (χ3n) is 4.08. The molecule has 0 aliphatic carbocycles. The van der Waals surface area contributed by atoms with Crippen molar-refractivity contribution in [3.8, 4) is 0 Å². The van der Waals surface area contributed by atoms with Gasteiger partial charge in [-0.2, -0.15) is 9.97 Å². The van der Waals surface area contributed by atoms with Crippen LogP contribution in [0.4, 0.5) is 17.5 Å². The molecule has 0 radical (unpaired) electrons. The van der Waals surface area contributed by atoms with Crippen molar-refractivity contribution in [1.29, 1.82) is 0 Å². The summed E-state index contributed by atoms with van der Waals surface area (Å²) in [7, 11) is 1.94. The SMILES string of the molecule is Cc1nc2c(N3CCc4ccccc43)nc(N)nc2n1C. The first-order chi connectivity index (χ1) is 10.1. The van der Waals surface area contributed by atoms with Crippen LogP contribution in [0.1, 0.15) is 11.4 Å². The predicted molar refractivity (Wildman–Crippen MR) is 82.6 cm³/mol. The Kier molecular flexibility index (Phi) is 2.42. The number of anilines is 3. The average Bonchev–Trinajstić information content (AvgIpc) is 3.02. The van der Waals surface area contributed by atoms with E-state index in [1.807, 2.05) is 24.6 Å². The molecule has 0 saturated carbocycles. The van der Waals surface area contributed by atoms with Crippen LogP contribution in [0.3, 0.4) is 0 Å². The number of aromatic nitrogens is 4. The van der Waals surface area contributed by atoms with E-state index in [-0.39, 0.29) is 5.95 Å². The number of aryl methyl sites for hydroxylation is 2. The summed E-state index contributed by atoms with van der Waals surface area (Å²) in [6.07, 6.45) is 1.01. The van der Waals surface area contributed by atoms with Gasteiger partial charge in [0.15, 0.2) is 17.0 Å². The standard InChI is InChI=1S/C15H16N6/c1-9-17-12-13(20(9)2)18-15(16)19-14(12)21-8-7-10-5-3-4-6-11(10)21/h3-6H,7-8H2,1-2H3,(H2,16,18,19). The molecule has 3 heterocycles. The first kappa shape index (κ1) is 12.1. The predicted octanol–water partition coefficient (Wildman–Crippen LogP) is 1.95. The summed E-state index contributed by atoms with van der Waals surface area (Å²) in [4.78, 5) is 15.6. The largest absolute Gasteiger partial charge is 0.368 e. The molecule has 2 aromatic heterocycles. The molecule has 0 fully saturated rings. The Morgan fingerprint density at radius 2 is 1.95 bits per heavy atom. The summed E-state index contributed by atoms with van der Waals surface area (Å²) in [6, 6.07) is 8.38. The number of hydrogen-bond acceptors (Lipinski definition) is 5. The van der Waals surface area contributed by atoms with E-state index < -0.39 is 0 Å². The van der Waals surface area contributed by atoms with Gasteiger partial charge in [0.1, 0.15) is 5.82 Å². The van der Waals surface area contributed by atoms with Gasteiger partial charge in [0.05, 0.1) is 0 Å². The third-order valence-corrected chi connectivity index (χ3v) is 4.08. The van der Waals surface area contributed by atoms with Crippen molar-refractivity contribution < 1.29 is 0 Å². The molecular weight excluding hydrogens is 264 g/mol. The highest BCUT2D eigenvalue weighted by atomic mass is 15.3. The van der Waals surface area contributed by atoms with Crippen LogP contribution in [-0.4, -0.2) is 26.1 Å². The highest BCUT2D eigenvalue weighted by Gasteiger charge is 2.25. The second-order valence-corrected chi connectivity index (χ2v) is 5.33. The molecule has 6 heteroatoms. The quantitative estimate of drug-likeness (QED) is 0.737. The van der Waals surface area contributed by atoms with Crippen molar-refractivity contribution in [2.24, 2.45) is 7.05 Å². The maximum absolute atomic E-state index is 5.90. The first-order valence-corrected chi connectivity index (χ1v) is 6.97. The molecule has 0 spiro atoms. The minimum Gasteiger partial charge on any atom is -0.368 e. The smallest absolute Gasteiger partial charge is 0.224 e. The second-order valence-electron chi connectivity index (χ2n) is 5.33. The van der Waals surface area contributed by atoms with Crippen molar-refractivity contribution in [2.75, 3.05) is 17.2 Å². The van der Waals surface area contributed by atoms with Gasteiger partial charge in [0.25, 0.3) is 0 Å². The lowest BCUT2D eigenvalue weighted by atomic mass is 10.2. The molecule has 21 heavy (non-hydrogen) atoms. The number of imidazole rings is 1. The number of para-hydroxylation sites is 1. The zero-order chi connectivity index (χ0) is 14.6. The molecule has 4 rings (SSSR count). The van der Waals surface area contributed by atoms with Crippen LogP contribution in [0, 0.1) is 6.92 Å². The van der Waals surface area contributed by atoms with Crippen molar-refractivity contribution in [1.82, 2.24) is 19.5 Å². The van der Waals surface area contributed by atoms with Crippen molar-refractivity contribution in [3.63, 3.8) is 0 Å². The summed E-state index contributed by atoms with van der Waals surface area (Å²) in [5.74, 6) is 1.98. The molecule has 106 valence electrons. The minimum atomic E-state index is 0.282. The lowest BCUT2D eigenvalue weighted by Crippen LogP contribution is -2.16. The molecular formula is C15H16N6. The van der Waals surface area contributed by atoms with Crippen LogP contribution in [0.15, 0.2) is 24.3 Å². The Bertz CT molecular complexity index is 851. The molecule has 1 aliphatic heterocycles. The van der Waals surface area contributed by atoms with E-state index in [4.69, 9.17) is 5.73 Å².